The molecule has 10 heteroatoms. The van der Waals surface area contributed by atoms with E-state index in [2.05, 4.69) is 16.4 Å². The van der Waals surface area contributed by atoms with Gasteiger partial charge in [0.1, 0.15) is 0 Å². The van der Waals surface area contributed by atoms with E-state index in [0.29, 0.717) is 47.2 Å². The first-order valence-corrected chi connectivity index (χ1v) is 13.6. The standard InChI is InChI=1S/C28H24Cl2F3N3OS/c29-20-6-1-17(2-7-20)27(18-3-8-21(30)9-4-18)19-5-10-24-23(15-19)25(16-26(37)35-24)34-22-11-13-36(14-12-22)38-28(31,32)33/h1-10,15-16,22,27H,11-14H2,(H2,34,35,37). The van der Waals surface area contributed by atoms with Crippen molar-refractivity contribution >= 4 is 51.7 Å². The Labute approximate surface area is 232 Å². The Morgan fingerprint density at radius 3 is 1.97 bits per heavy atom. The summed E-state index contributed by atoms with van der Waals surface area (Å²) in [6.07, 6.45) is 1.07. The summed E-state index contributed by atoms with van der Waals surface area (Å²) in [5, 5.41) is 5.56. The molecule has 0 radical (unpaired) electrons. The van der Waals surface area contributed by atoms with Gasteiger partial charge in [-0.2, -0.15) is 13.2 Å². The first kappa shape index (κ1) is 26.9. The molecular formula is C28H24Cl2F3N3OS. The average Bonchev–Trinajstić information content (AvgIpc) is 2.87. The number of alkyl halides is 3. The van der Waals surface area contributed by atoms with Crippen molar-refractivity contribution in [1.29, 1.82) is 0 Å². The SMILES string of the molecule is O=c1cc(NC2CCN(SC(F)(F)F)CC2)c2cc(C(c3ccc(Cl)cc3)c3ccc(Cl)cc3)ccc2[nH]1. The number of fused-ring (bicyclic) bond motifs is 1. The fraction of sp³-hybridized carbons (Fsp3) is 0.250. The van der Waals surface area contributed by atoms with E-state index < -0.39 is 5.51 Å². The third-order valence-electron chi connectivity index (χ3n) is 6.65. The highest BCUT2D eigenvalue weighted by Crippen LogP contribution is 2.37. The number of H-pyrrole nitrogens is 1. The van der Waals surface area contributed by atoms with Gasteiger partial charge in [0.2, 0.25) is 5.56 Å². The Balaban J connectivity index is 1.49. The molecule has 0 spiro atoms. The minimum absolute atomic E-state index is 0.0444. The molecule has 1 aliphatic rings. The molecule has 5 rings (SSSR count). The van der Waals surface area contributed by atoms with Crippen LogP contribution in [0.25, 0.3) is 10.9 Å². The quantitative estimate of drug-likeness (QED) is 0.180. The van der Waals surface area contributed by atoms with Gasteiger partial charge >= 0.3 is 5.51 Å². The molecule has 4 nitrogen and oxygen atoms in total. The number of rotatable bonds is 6. The minimum atomic E-state index is -4.29. The van der Waals surface area contributed by atoms with Crippen LogP contribution in [0.1, 0.15) is 35.4 Å². The lowest BCUT2D eigenvalue weighted by Crippen LogP contribution is -2.37. The molecule has 3 aromatic carbocycles. The normalized spacial score (nSPS) is 15.3. The van der Waals surface area contributed by atoms with Crippen LogP contribution >= 0.6 is 35.1 Å². The van der Waals surface area contributed by atoms with Crippen LogP contribution in [0.4, 0.5) is 18.9 Å². The van der Waals surface area contributed by atoms with Crippen molar-refractivity contribution < 1.29 is 13.2 Å². The van der Waals surface area contributed by atoms with E-state index >= 15 is 0 Å². The fourth-order valence-electron chi connectivity index (χ4n) is 4.92. The highest BCUT2D eigenvalue weighted by Gasteiger charge is 2.34. The van der Waals surface area contributed by atoms with Crippen molar-refractivity contribution in [3.8, 4) is 0 Å². The summed E-state index contributed by atoms with van der Waals surface area (Å²) in [4.78, 5) is 15.3. The number of halogens is 5. The number of benzene rings is 3. The van der Waals surface area contributed by atoms with Gasteiger partial charge in [-0.25, -0.2) is 4.31 Å². The van der Waals surface area contributed by atoms with Crippen molar-refractivity contribution in [3.05, 3.63) is 110 Å². The molecule has 0 atom stereocenters. The predicted molar refractivity (Wildman–Crippen MR) is 150 cm³/mol. The maximum atomic E-state index is 12.7. The number of aromatic amines is 1. The van der Waals surface area contributed by atoms with Crippen molar-refractivity contribution in [1.82, 2.24) is 9.29 Å². The molecule has 0 aliphatic carbocycles. The third-order valence-corrected chi connectivity index (χ3v) is 7.99. The summed E-state index contributed by atoms with van der Waals surface area (Å²) < 4.78 is 39.6. The fourth-order valence-corrected chi connectivity index (χ4v) is 5.85. The Kier molecular flexibility index (Phi) is 7.95. The van der Waals surface area contributed by atoms with Crippen molar-refractivity contribution in [2.24, 2.45) is 0 Å². The van der Waals surface area contributed by atoms with Gasteiger partial charge in [0.25, 0.3) is 0 Å². The van der Waals surface area contributed by atoms with Crippen molar-refractivity contribution in [3.63, 3.8) is 0 Å². The van der Waals surface area contributed by atoms with E-state index in [0.717, 1.165) is 22.1 Å². The third kappa shape index (κ3) is 6.49. The number of hydrogen-bond acceptors (Lipinski definition) is 4. The van der Waals surface area contributed by atoms with Crippen molar-refractivity contribution in [2.45, 2.75) is 30.3 Å². The van der Waals surface area contributed by atoms with Gasteiger partial charge < -0.3 is 10.3 Å². The number of nitrogens with zero attached hydrogens (tertiary/aromatic N) is 1. The molecule has 2 heterocycles. The number of pyridine rings is 1. The van der Waals surface area contributed by atoms with Gasteiger partial charge in [-0.05, 0) is 65.9 Å². The maximum absolute atomic E-state index is 12.7. The molecule has 0 amide bonds. The van der Waals surface area contributed by atoms with Crippen LogP contribution in [-0.4, -0.2) is 33.9 Å². The summed E-state index contributed by atoms with van der Waals surface area (Å²) in [5.41, 5.74) is -0.0876. The van der Waals surface area contributed by atoms with Crippen LogP contribution in [0.3, 0.4) is 0 Å². The van der Waals surface area contributed by atoms with E-state index in [9.17, 15) is 18.0 Å². The molecule has 0 saturated carbocycles. The van der Waals surface area contributed by atoms with Gasteiger partial charge in [0.15, 0.2) is 0 Å². The zero-order valence-corrected chi connectivity index (χ0v) is 22.4. The predicted octanol–water partition coefficient (Wildman–Crippen LogP) is 8.06. The number of aromatic nitrogens is 1. The Hall–Kier alpha value is -2.65. The first-order chi connectivity index (χ1) is 18.1. The van der Waals surface area contributed by atoms with E-state index in [1.54, 1.807) is 0 Å². The molecule has 0 unspecified atom stereocenters. The lowest BCUT2D eigenvalue weighted by Gasteiger charge is -2.32. The first-order valence-electron chi connectivity index (χ1n) is 12.1. The van der Waals surface area contributed by atoms with Crippen LogP contribution < -0.4 is 10.9 Å². The largest absolute Gasteiger partial charge is 0.456 e. The highest BCUT2D eigenvalue weighted by atomic mass is 35.5. The van der Waals surface area contributed by atoms with Crippen LogP contribution in [-0.2, 0) is 0 Å². The summed E-state index contributed by atoms with van der Waals surface area (Å²) >= 11 is 12.2. The number of nitrogens with one attached hydrogen (secondary N) is 2. The Bertz CT molecular complexity index is 1420. The summed E-state index contributed by atoms with van der Waals surface area (Å²) in [6.45, 7) is 0.618. The zero-order chi connectivity index (χ0) is 26.9. The lowest BCUT2D eigenvalue weighted by molar-refractivity contribution is -0.0366. The summed E-state index contributed by atoms with van der Waals surface area (Å²) in [5.74, 6) is -0.114. The van der Waals surface area contributed by atoms with E-state index in [1.807, 2.05) is 60.7 Å². The zero-order valence-electron chi connectivity index (χ0n) is 20.1. The molecular weight excluding hydrogens is 554 g/mol. The van der Waals surface area contributed by atoms with Gasteiger partial charge in [0, 0.05) is 64.2 Å². The van der Waals surface area contributed by atoms with Crippen LogP contribution in [0, 0.1) is 0 Å². The molecule has 4 aromatic rings. The number of anilines is 1. The number of piperidine rings is 1. The lowest BCUT2D eigenvalue weighted by atomic mass is 9.84. The summed E-state index contributed by atoms with van der Waals surface area (Å²) in [7, 11) is 0. The Morgan fingerprint density at radius 2 is 1.42 bits per heavy atom. The topological polar surface area (TPSA) is 48.1 Å². The molecule has 1 aromatic heterocycles. The second-order valence-corrected chi connectivity index (χ2v) is 11.3. The van der Waals surface area contributed by atoms with Gasteiger partial charge in [-0.1, -0.05) is 53.5 Å². The average molecular weight is 578 g/mol. The Morgan fingerprint density at radius 1 is 0.868 bits per heavy atom. The molecule has 1 saturated heterocycles. The second-order valence-electron chi connectivity index (χ2n) is 9.27. The highest BCUT2D eigenvalue weighted by molar-refractivity contribution is 7.97. The molecule has 2 N–H and O–H groups in total. The van der Waals surface area contributed by atoms with Crippen LogP contribution in [0.2, 0.25) is 10.0 Å². The van der Waals surface area contributed by atoms with Crippen LogP contribution in [0.15, 0.2) is 77.6 Å². The minimum Gasteiger partial charge on any atom is -0.382 e. The van der Waals surface area contributed by atoms with Crippen LogP contribution in [0.5, 0.6) is 0 Å². The maximum Gasteiger partial charge on any atom is 0.456 e. The molecule has 1 fully saturated rings. The molecule has 0 bridgehead atoms. The summed E-state index contributed by atoms with van der Waals surface area (Å²) in [6, 6.07) is 22.8. The van der Waals surface area contributed by atoms with Crippen molar-refractivity contribution in [2.75, 3.05) is 18.4 Å². The van der Waals surface area contributed by atoms with Gasteiger partial charge in [-0.15, -0.1) is 0 Å². The smallest absolute Gasteiger partial charge is 0.382 e. The molecule has 1 aliphatic heterocycles. The van der Waals surface area contributed by atoms with Gasteiger partial charge in [0.05, 0.1) is 5.52 Å². The molecule has 198 valence electrons. The van der Waals surface area contributed by atoms with E-state index in [1.165, 1.54) is 10.4 Å². The monoisotopic (exact) mass is 577 g/mol. The second kappa shape index (κ2) is 11.2. The number of hydrogen-bond donors (Lipinski definition) is 2. The molecule has 38 heavy (non-hydrogen) atoms. The van der Waals surface area contributed by atoms with Gasteiger partial charge in [-0.3, -0.25) is 4.79 Å². The van der Waals surface area contributed by atoms with E-state index in [-0.39, 0.29) is 29.5 Å². The van der Waals surface area contributed by atoms with E-state index in [4.69, 9.17) is 23.2 Å².